The number of aryl methyl sites for hydroxylation is 2. The van der Waals surface area contributed by atoms with E-state index in [4.69, 9.17) is 0 Å². The lowest BCUT2D eigenvalue weighted by atomic mass is 10.1. The third-order valence-electron chi connectivity index (χ3n) is 5.22. The number of fused-ring (bicyclic) bond motifs is 1. The Morgan fingerprint density at radius 2 is 1.89 bits per heavy atom. The van der Waals surface area contributed by atoms with Gasteiger partial charge < -0.3 is 9.30 Å². The lowest BCUT2D eigenvalue weighted by Gasteiger charge is -2.34. The molecule has 0 atom stereocenters. The second kappa shape index (κ2) is 7.64. The van der Waals surface area contributed by atoms with Crippen molar-refractivity contribution in [3.63, 3.8) is 0 Å². The van der Waals surface area contributed by atoms with Crippen molar-refractivity contribution >= 4 is 27.5 Å². The molecular weight excluding hydrogens is 423 g/mol. The van der Waals surface area contributed by atoms with E-state index in [0.717, 1.165) is 31.0 Å². The first-order chi connectivity index (χ1) is 13.4. The summed E-state index contributed by atoms with van der Waals surface area (Å²) in [6.45, 7) is 7.71. The van der Waals surface area contributed by atoms with Gasteiger partial charge in [0.1, 0.15) is 11.5 Å². The molecular formula is C21H22BrFN4O. The van der Waals surface area contributed by atoms with Gasteiger partial charge in [-0.15, -0.1) is 0 Å². The fourth-order valence-corrected chi connectivity index (χ4v) is 4.15. The number of piperazine rings is 1. The minimum absolute atomic E-state index is 0.124. The average Bonchev–Trinajstić information content (AvgIpc) is 2.95. The summed E-state index contributed by atoms with van der Waals surface area (Å²) >= 11 is 3.25. The van der Waals surface area contributed by atoms with Crippen LogP contribution in [0.3, 0.4) is 0 Å². The number of halogens is 2. The molecule has 0 N–H and O–H groups in total. The molecule has 28 heavy (non-hydrogen) atoms. The van der Waals surface area contributed by atoms with Gasteiger partial charge in [-0.1, -0.05) is 15.9 Å². The minimum atomic E-state index is -0.408. The molecule has 4 rings (SSSR count). The number of benzene rings is 1. The number of nitrogens with zero attached hydrogens (tertiary/aromatic N) is 4. The number of amides is 1. The summed E-state index contributed by atoms with van der Waals surface area (Å²) in [6.07, 6.45) is 2.07. The van der Waals surface area contributed by atoms with Crippen molar-refractivity contribution < 1.29 is 9.18 Å². The number of hydrogen-bond donors (Lipinski definition) is 0. The van der Waals surface area contributed by atoms with E-state index in [1.165, 1.54) is 23.4 Å². The van der Waals surface area contributed by atoms with Crippen LogP contribution >= 0.6 is 15.9 Å². The van der Waals surface area contributed by atoms with Crippen LogP contribution in [0.1, 0.15) is 27.3 Å². The maximum absolute atomic E-state index is 13.6. The highest BCUT2D eigenvalue weighted by Crippen LogP contribution is 2.19. The fourth-order valence-electron chi connectivity index (χ4n) is 3.69. The average molecular weight is 445 g/mol. The Balaban J connectivity index is 1.43. The summed E-state index contributed by atoms with van der Waals surface area (Å²) in [7, 11) is 0. The van der Waals surface area contributed by atoms with Crippen LogP contribution in [0.4, 0.5) is 4.39 Å². The molecule has 1 amide bonds. The van der Waals surface area contributed by atoms with Gasteiger partial charge in [-0.3, -0.25) is 9.69 Å². The summed E-state index contributed by atoms with van der Waals surface area (Å²) in [5.41, 5.74) is 4.77. The molecule has 0 spiro atoms. The molecule has 146 valence electrons. The summed E-state index contributed by atoms with van der Waals surface area (Å²) in [5.74, 6) is -0.531. The number of imidazole rings is 1. The van der Waals surface area contributed by atoms with Gasteiger partial charge in [0.05, 0.1) is 11.4 Å². The van der Waals surface area contributed by atoms with Gasteiger partial charge in [-0.25, -0.2) is 9.37 Å². The molecule has 7 heteroatoms. The molecule has 1 aliphatic heterocycles. The van der Waals surface area contributed by atoms with E-state index in [1.807, 2.05) is 6.92 Å². The highest BCUT2D eigenvalue weighted by Gasteiger charge is 2.24. The van der Waals surface area contributed by atoms with Gasteiger partial charge in [0, 0.05) is 49.0 Å². The lowest BCUT2D eigenvalue weighted by molar-refractivity contribution is 0.0626. The van der Waals surface area contributed by atoms with E-state index in [-0.39, 0.29) is 5.91 Å². The molecule has 0 radical (unpaired) electrons. The number of carbonyl (C=O) groups excluding carboxylic acids is 1. The number of rotatable bonds is 3. The second-order valence-corrected chi connectivity index (χ2v) is 8.22. The van der Waals surface area contributed by atoms with Crippen molar-refractivity contribution in [2.75, 3.05) is 26.2 Å². The molecule has 0 aliphatic carbocycles. The van der Waals surface area contributed by atoms with Crippen LogP contribution in [0.25, 0.3) is 5.65 Å². The van der Waals surface area contributed by atoms with Gasteiger partial charge in [-0.2, -0.15) is 0 Å². The molecule has 2 aromatic heterocycles. The fraction of sp³-hybridized carbons (Fsp3) is 0.333. The standard InChI is InChI=1S/C21H22BrFN4O/c1-14-3-4-27-19(15(2)24-20(27)9-14)13-25-5-7-26(8-6-25)21(28)16-10-17(22)12-18(23)11-16/h3-4,9-12H,5-8,13H2,1-2H3. The van der Waals surface area contributed by atoms with Gasteiger partial charge in [0.15, 0.2) is 0 Å². The zero-order chi connectivity index (χ0) is 19.8. The molecule has 1 saturated heterocycles. The number of pyridine rings is 1. The van der Waals surface area contributed by atoms with E-state index in [0.29, 0.717) is 23.1 Å². The lowest BCUT2D eigenvalue weighted by Crippen LogP contribution is -2.48. The van der Waals surface area contributed by atoms with E-state index in [9.17, 15) is 9.18 Å². The monoisotopic (exact) mass is 444 g/mol. The SMILES string of the molecule is Cc1ccn2c(CN3CCN(C(=O)c4cc(F)cc(Br)c4)CC3)c(C)nc2c1. The van der Waals surface area contributed by atoms with Crippen molar-refractivity contribution in [1.82, 2.24) is 19.2 Å². The van der Waals surface area contributed by atoms with Crippen LogP contribution in [-0.4, -0.2) is 51.3 Å². The first-order valence-corrected chi connectivity index (χ1v) is 10.1. The summed E-state index contributed by atoms with van der Waals surface area (Å²) in [5, 5.41) is 0. The highest BCUT2D eigenvalue weighted by atomic mass is 79.9. The Morgan fingerprint density at radius 1 is 1.14 bits per heavy atom. The van der Waals surface area contributed by atoms with Crippen LogP contribution < -0.4 is 0 Å². The zero-order valence-corrected chi connectivity index (χ0v) is 17.5. The Kier molecular flexibility index (Phi) is 5.21. The van der Waals surface area contributed by atoms with Gasteiger partial charge in [0.25, 0.3) is 5.91 Å². The van der Waals surface area contributed by atoms with Crippen LogP contribution in [0.15, 0.2) is 41.0 Å². The number of aromatic nitrogens is 2. The Morgan fingerprint density at radius 3 is 2.61 bits per heavy atom. The topological polar surface area (TPSA) is 40.9 Å². The second-order valence-electron chi connectivity index (χ2n) is 7.30. The van der Waals surface area contributed by atoms with Crippen LogP contribution in [0, 0.1) is 19.7 Å². The quantitative estimate of drug-likeness (QED) is 0.616. The van der Waals surface area contributed by atoms with E-state index < -0.39 is 5.82 Å². The molecule has 5 nitrogen and oxygen atoms in total. The molecule has 1 aliphatic rings. The van der Waals surface area contributed by atoms with Crippen molar-refractivity contribution in [3.05, 3.63) is 69.3 Å². The summed E-state index contributed by atoms with van der Waals surface area (Å²) in [4.78, 5) is 21.5. The molecule has 0 unspecified atom stereocenters. The maximum atomic E-state index is 13.6. The summed E-state index contributed by atoms with van der Waals surface area (Å²) in [6, 6.07) is 8.49. The molecule has 3 aromatic rings. The Labute approximate surface area is 171 Å². The zero-order valence-electron chi connectivity index (χ0n) is 16.0. The van der Waals surface area contributed by atoms with E-state index >= 15 is 0 Å². The number of carbonyl (C=O) groups is 1. The minimum Gasteiger partial charge on any atom is -0.336 e. The normalized spacial score (nSPS) is 15.4. The third kappa shape index (κ3) is 3.82. The largest absolute Gasteiger partial charge is 0.336 e. The van der Waals surface area contributed by atoms with Gasteiger partial charge >= 0.3 is 0 Å². The van der Waals surface area contributed by atoms with Crippen molar-refractivity contribution in [2.24, 2.45) is 0 Å². The van der Waals surface area contributed by atoms with Crippen LogP contribution in [-0.2, 0) is 6.54 Å². The highest BCUT2D eigenvalue weighted by molar-refractivity contribution is 9.10. The predicted molar refractivity (Wildman–Crippen MR) is 110 cm³/mol. The first-order valence-electron chi connectivity index (χ1n) is 9.32. The van der Waals surface area contributed by atoms with E-state index in [1.54, 1.807) is 11.0 Å². The Bertz CT molecular complexity index is 1020. The molecule has 3 heterocycles. The van der Waals surface area contributed by atoms with Gasteiger partial charge in [-0.05, 0) is 49.7 Å². The van der Waals surface area contributed by atoms with Crippen molar-refractivity contribution in [2.45, 2.75) is 20.4 Å². The van der Waals surface area contributed by atoms with E-state index in [2.05, 4.69) is 55.5 Å². The molecule has 0 bridgehead atoms. The number of hydrogen-bond acceptors (Lipinski definition) is 3. The molecule has 1 aromatic carbocycles. The third-order valence-corrected chi connectivity index (χ3v) is 5.68. The van der Waals surface area contributed by atoms with Crippen molar-refractivity contribution in [1.29, 1.82) is 0 Å². The van der Waals surface area contributed by atoms with Crippen molar-refractivity contribution in [3.8, 4) is 0 Å². The summed E-state index contributed by atoms with van der Waals surface area (Å²) < 4.78 is 16.3. The Hall–Kier alpha value is -2.25. The van der Waals surface area contributed by atoms with Crippen LogP contribution in [0.2, 0.25) is 0 Å². The van der Waals surface area contributed by atoms with Crippen LogP contribution in [0.5, 0.6) is 0 Å². The maximum Gasteiger partial charge on any atom is 0.254 e. The molecule has 0 saturated carbocycles. The molecule has 1 fully saturated rings. The predicted octanol–water partition coefficient (Wildman–Crippen LogP) is 3.81. The smallest absolute Gasteiger partial charge is 0.254 e. The van der Waals surface area contributed by atoms with Gasteiger partial charge in [0.2, 0.25) is 0 Å². The first kappa shape index (κ1) is 19.1.